The molecule has 1 N–H and O–H groups in total. The SMILES string of the molecule is Cc1csc(CN2CCc3c(nc(-c4cccnc4)[nH]c3=O)C2)c1. The van der Waals surface area contributed by atoms with E-state index in [1.165, 1.54) is 10.4 Å². The van der Waals surface area contributed by atoms with Crippen LogP contribution in [-0.4, -0.2) is 26.4 Å². The summed E-state index contributed by atoms with van der Waals surface area (Å²) in [6, 6.07) is 5.99. The zero-order valence-corrected chi connectivity index (χ0v) is 14.3. The van der Waals surface area contributed by atoms with Gasteiger partial charge in [0.25, 0.3) is 5.56 Å². The number of aromatic nitrogens is 3. The summed E-state index contributed by atoms with van der Waals surface area (Å²) in [4.78, 5) is 27.8. The molecule has 0 bridgehead atoms. The highest BCUT2D eigenvalue weighted by molar-refractivity contribution is 7.10. The fraction of sp³-hybridized carbons (Fsp3) is 0.278. The lowest BCUT2D eigenvalue weighted by molar-refractivity contribution is 0.242. The molecule has 4 heterocycles. The van der Waals surface area contributed by atoms with Crippen molar-refractivity contribution in [1.82, 2.24) is 19.9 Å². The van der Waals surface area contributed by atoms with Gasteiger partial charge in [-0.25, -0.2) is 4.98 Å². The maximum atomic E-state index is 12.4. The van der Waals surface area contributed by atoms with Gasteiger partial charge >= 0.3 is 0 Å². The normalized spacial score (nSPS) is 14.5. The first-order valence-electron chi connectivity index (χ1n) is 7.98. The van der Waals surface area contributed by atoms with E-state index in [1.54, 1.807) is 23.7 Å². The number of rotatable bonds is 3. The monoisotopic (exact) mass is 338 g/mol. The summed E-state index contributed by atoms with van der Waals surface area (Å²) in [5.74, 6) is 0.598. The Balaban J connectivity index is 1.62. The Morgan fingerprint density at radius 2 is 2.33 bits per heavy atom. The van der Waals surface area contributed by atoms with Crippen molar-refractivity contribution in [3.8, 4) is 11.4 Å². The number of hydrogen-bond donors (Lipinski definition) is 1. The van der Waals surface area contributed by atoms with E-state index >= 15 is 0 Å². The van der Waals surface area contributed by atoms with Crippen LogP contribution in [0.4, 0.5) is 0 Å². The van der Waals surface area contributed by atoms with Crippen molar-refractivity contribution >= 4 is 11.3 Å². The lowest BCUT2D eigenvalue weighted by Crippen LogP contribution is -2.34. The summed E-state index contributed by atoms with van der Waals surface area (Å²) in [6.45, 7) is 4.63. The molecule has 0 saturated heterocycles. The van der Waals surface area contributed by atoms with Gasteiger partial charge in [0.05, 0.1) is 5.69 Å². The van der Waals surface area contributed by atoms with E-state index in [4.69, 9.17) is 4.98 Å². The smallest absolute Gasteiger partial charge is 0.254 e. The quantitative estimate of drug-likeness (QED) is 0.798. The van der Waals surface area contributed by atoms with Crippen LogP contribution in [0.2, 0.25) is 0 Å². The van der Waals surface area contributed by atoms with E-state index in [-0.39, 0.29) is 5.56 Å². The van der Waals surface area contributed by atoms with Crippen LogP contribution in [0.5, 0.6) is 0 Å². The molecule has 5 nitrogen and oxygen atoms in total. The van der Waals surface area contributed by atoms with Crippen molar-refractivity contribution in [3.05, 3.63) is 68.0 Å². The number of aryl methyl sites for hydroxylation is 1. The predicted molar refractivity (Wildman–Crippen MR) is 95.0 cm³/mol. The molecule has 0 atom stereocenters. The molecule has 0 spiro atoms. The average Bonchev–Trinajstić information content (AvgIpc) is 3.00. The molecule has 0 radical (unpaired) electrons. The topological polar surface area (TPSA) is 61.9 Å². The predicted octanol–water partition coefficient (Wildman–Crippen LogP) is 2.76. The van der Waals surface area contributed by atoms with Gasteiger partial charge in [0.2, 0.25) is 0 Å². The molecule has 0 aromatic carbocycles. The van der Waals surface area contributed by atoms with Crippen molar-refractivity contribution in [2.45, 2.75) is 26.4 Å². The Labute approximate surface area is 144 Å². The number of aromatic amines is 1. The summed E-state index contributed by atoms with van der Waals surface area (Å²) in [7, 11) is 0. The van der Waals surface area contributed by atoms with E-state index in [2.05, 4.69) is 33.2 Å². The van der Waals surface area contributed by atoms with Crippen LogP contribution < -0.4 is 5.56 Å². The third-order valence-corrected chi connectivity index (χ3v) is 5.29. The molecule has 122 valence electrons. The number of pyridine rings is 1. The van der Waals surface area contributed by atoms with Crippen LogP contribution in [0.1, 0.15) is 21.7 Å². The highest BCUT2D eigenvalue weighted by Gasteiger charge is 2.21. The van der Waals surface area contributed by atoms with E-state index in [1.807, 2.05) is 12.1 Å². The maximum Gasteiger partial charge on any atom is 0.254 e. The van der Waals surface area contributed by atoms with Gasteiger partial charge in [-0.1, -0.05) is 0 Å². The summed E-state index contributed by atoms with van der Waals surface area (Å²) in [5.41, 5.74) is 3.83. The average molecular weight is 338 g/mol. The first-order chi connectivity index (χ1) is 11.7. The molecule has 1 aliphatic heterocycles. The number of nitrogens with one attached hydrogen (secondary N) is 1. The Bertz CT molecular complexity index is 916. The van der Waals surface area contributed by atoms with Crippen molar-refractivity contribution in [3.63, 3.8) is 0 Å². The first-order valence-corrected chi connectivity index (χ1v) is 8.86. The number of fused-ring (bicyclic) bond motifs is 1. The lowest BCUT2D eigenvalue weighted by Gasteiger charge is -2.27. The first kappa shape index (κ1) is 15.2. The van der Waals surface area contributed by atoms with Crippen LogP contribution in [0, 0.1) is 6.92 Å². The second-order valence-electron chi connectivity index (χ2n) is 6.13. The van der Waals surface area contributed by atoms with Gasteiger partial charge in [-0.2, -0.15) is 0 Å². The van der Waals surface area contributed by atoms with E-state index < -0.39 is 0 Å². The Morgan fingerprint density at radius 1 is 1.42 bits per heavy atom. The molecular formula is C18H18N4OS. The van der Waals surface area contributed by atoms with Gasteiger partial charge in [-0.3, -0.25) is 14.7 Å². The Hall–Kier alpha value is -2.31. The molecule has 0 aliphatic carbocycles. The van der Waals surface area contributed by atoms with Gasteiger partial charge in [0.1, 0.15) is 5.82 Å². The van der Waals surface area contributed by atoms with Crippen LogP contribution in [0.15, 0.2) is 40.8 Å². The van der Waals surface area contributed by atoms with Crippen LogP contribution in [0.25, 0.3) is 11.4 Å². The summed E-state index contributed by atoms with van der Waals surface area (Å²) in [5, 5.41) is 2.18. The van der Waals surface area contributed by atoms with Crippen LogP contribution >= 0.6 is 11.3 Å². The van der Waals surface area contributed by atoms with Crippen molar-refractivity contribution in [2.24, 2.45) is 0 Å². The molecule has 3 aromatic rings. The Morgan fingerprint density at radius 3 is 3.08 bits per heavy atom. The summed E-state index contributed by atoms with van der Waals surface area (Å²) < 4.78 is 0. The number of hydrogen-bond acceptors (Lipinski definition) is 5. The number of nitrogens with zero attached hydrogens (tertiary/aromatic N) is 3. The van der Waals surface area contributed by atoms with Gasteiger partial charge in [-0.15, -0.1) is 11.3 Å². The summed E-state index contributed by atoms with van der Waals surface area (Å²) in [6.07, 6.45) is 4.18. The third-order valence-electron chi connectivity index (χ3n) is 4.25. The molecule has 6 heteroatoms. The molecule has 24 heavy (non-hydrogen) atoms. The molecule has 0 fully saturated rings. The van der Waals surface area contributed by atoms with Gasteiger partial charge in [0, 0.05) is 48.0 Å². The lowest BCUT2D eigenvalue weighted by atomic mass is 10.1. The highest BCUT2D eigenvalue weighted by atomic mass is 32.1. The molecular weight excluding hydrogens is 320 g/mol. The van der Waals surface area contributed by atoms with E-state index in [0.29, 0.717) is 12.4 Å². The van der Waals surface area contributed by atoms with Gasteiger partial charge in [0.15, 0.2) is 0 Å². The molecule has 0 unspecified atom stereocenters. The number of H-pyrrole nitrogens is 1. The second kappa shape index (κ2) is 6.30. The van der Waals surface area contributed by atoms with E-state index in [0.717, 1.165) is 36.3 Å². The molecule has 0 saturated carbocycles. The fourth-order valence-electron chi connectivity index (χ4n) is 3.06. The standard InChI is InChI=1S/C18H18N4OS/c1-12-7-14(24-11-12)9-22-6-4-15-16(10-22)20-17(21-18(15)23)13-3-2-5-19-8-13/h2-3,5,7-8,11H,4,6,9-10H2,1H3,(H,20,21,23). The minimum Gasteiger partial charge on any atom is -0.306 e. The minimum absolute atomic E-state index is 0.0227. The largest absolute Gasteiger partial charge is 0.306 e. The van der Waals surface area contributed by atoms with Gasteiger partial charge < -0.3 is 4.98 Å². The maximum absolute atomic E-state index is 12.4. The highest BCUT2D eigenvalue weighted by Crippen LogP contribution is 2.22. The van der Waals surface area contributed by atoms with Crippen LogP contribution in [-0.2, 0) is 19.5 Å². The zero-order chi connectivity index (χ0) is 16.5. The fourth-order valence-corrected chi connectivity index (χ4v) is 3.98. The number of thiophene rings is 1. The van der Waals surface area contributed by atoms with Crippen molar-refractivity contribution < 1.29 is 0 Å². The zero-order valence-electron chi connectivity index (χ0n) is 13.5. The van der Waals surface area contributed by atoms with Crippen LogP contribution in [0.3, 0.4) is 0 Å². The summed E-state index contributed by atoms with van der Waals surface area (Å²) >= 11 is 1.79. The molecule has 1 aliphatic rings. The van der Waals surface area contributed by atoms with E-state index in [9.17, 15) is 4.79 Å². The molecule has 0 amide bonds. The minimum atomic E-state index is -0.0227. The third kappa shape index (κ3) is 3.02. The molecule has 3 aromatic heterocycles. The van der Waals surface area contributed by atoms with Gasteiger partial charge in [-0.05, 0) is 42.5 Å². The van der Waals surface area contributed by atoms with Crippen molar-refractivity contribution in [2.75, 3.05) is 6.54 Å². The second-order valence-corrected chi connectivity index (χ2v) is 7.13. The molecule has 4 rings (SSSR count). The van der Waals surface area contributed by atoms with Crippen molar-refractivity contribution in [1.29, 1.82) is 0 Å². The Kier molecular flexibility index (Phi) is 4.00.